The molecule has 2 aromatic rings. The normalized spacial score (nSPS) is 12.9. The van der Waals surface area contributed by atoms with Crippen LogP contribution >= 0.6 is 0 Å². The molecule has 4 nitrogen and oxygen atoms in total. The number of fused-ring (bicyclic) bond motifs is 3. The number of rotatable bonds is 3. The second kappa shape index (κ2) is 4.97. The summed E-state index contributed by atoms with van der Waals surface area (Å²) >= 11 is 0. The van der Waals surface area contributed by atoms with Crippen LogP contribution in [0.3, 0.4) is 0 Å². The Morgan fingerprint density at radius 1 is 1.32 bits per heavy atom. The minimum Gasteiger partial charge on any atom is -0.318 e. The van der Waals surface area contributed by atoms with Crippen molar-refractivity contribution >= 4 is 0 Å². The highest BCUT2D eigenvalue weighted by atomic mass is 16.1. The van der Waals surface area contributed by atoms with Crippen LogP contribution in [0.4, 0.5) is 0 Å². The number of likely N-dealkylation sites (N-methyl/N-ethyl adjacent to an activating group) is 1. The number of aryl methyl sites for hydroxylation is 1. The van der Waals surface area contributed by atoms with Gasteiger partial charge in [0.15, 0.2) is 0 Å². The van der Waals surface area contributed by atoms with Gasteiger partial charge < -0.3 is 5.32 Å². The lowest BCUT2D eigenvalue weighted by Gasteiger charge is -2.19. The highest BCUT2D eigenvalue weighted by molar-refractivity contribution is 5.68. The lowest BCUT2D eigenvalue weighted by atomic mass is 9.90. The van der Waals surface area contributed by atoms with Crippen LogP contribution in [0.1, 0.15) is 11.1 Å². The monoisotopic (exact) mass is 255 g/mol. The predicted molar refractivity (Wildman–Crippen MR) is 75.3 cm³/mol. The number of hydrogen-bond donors (Lipinski definition) is 1. The predicted octanol–water partition coefficient (Wildman–Crippen LogP) is 1.23. The molecule has 0 atom stereocenters. The number of nitrogens with zero attached hydrogens (tertiary/aromatic N) is 2. The van der Waals surface area contributed by atoms with Crippen molar-refractivity contribution in [2.24, 2.45) is 0 Å². The molecule has 3 rings (SSSR count). The Bertz CT molecular complexity index is 661. The van der Waals surface area contributed by atoms with Gasteiger partial charge in [0.25, 0.3) is 5.56 Å². The zero-order chi connectivity index (χ0) is 13.2. The molecule has 0 spiro atoms. The van der Waals surface area contributed by atoms with Crippen LogP contribution < -0.4 is 10.9 Å². The van der Waals surface area contributed by atoms with E-state index in [0.717, 1.165) is 36.2 Å². The van der Waals surface area contributed by atoms with Gasteiger partial charge in [-0.1, -0.05) is 24.3 Å². The van der Waals surface area contributed by atoms with Crippen molar-refractivity contribution in [3.63, 3.8) is 0 Å². The highest BCUT2D eigenvalue weighted by Crippen LogP contribution is 2.29. The molecule has 1 N–H and O–H groups in total. The fourth-order valence-corrected chi connectivity index (χ4v) is 2.61. The van der Waals surface area contributed by atoms with Crippen molar-refractivity contribution in [1.29, 1.82) is 0 Å². The summed E-state index contributed by atoms with van der Waals surface area (Å²) in [4.78, 5) is 16.9. The number of aromatic nitrogens is 2. The molecule has 98 valence electrons. The van der Waals surface area contributed by atoms with E-state index < -0.39 is 0 Å². The standard InChI is InChI=1S/C15H17N3O/c1-16-8-9-18-10-17-14-12-5-3-2-4-11(12)6-7-13(14)15(18)19/h2-5,10,16H,6-9H2,1H3. The first-order valence-corrected chi connectivity index (χ1v) is 6.62. The summed E-state index contributed by atoms with van der Waals surface area (Å²) in [5.41, 5.74) is 4.23. The molecule has 0 amide bonds. The van der Waals surface area contributed by atoms with Crippen molar-refractivity contribution < 1.29 is 0 Å². The summed E-state index contributed by atoms with van der Waals surface area (Å²) in [7, 11) is 1.88. The Morgan fingerprint density at radius 3 is 3.00 bits per heavy atom. The minimum atomic E-state index is 0.106. The topological polar surface area (TPSA) is 46.9 Å². The number of benzene rings is 1. The molecule has 0 saturated heterocycles. The smallest absolute Gasteiger partial charge is 0.257 e. The van der Waals surface area contributed by atoms with Crippen LogP contribution in [0.2, 0.25) is 0 Å². The summed E-state index contributed by atoms with van der Waals surface area (Å²) in [6.07, 6.45) is 3.38. The fourth-order valence-electron chi connectivity index (χ4n) is 2.61. The third-order valence-corrected chi connectivity index (χ3v) is 3.65. The summed E-state index contributed by atoms with van der Waals surface area (Å²) < 4.78 is 1.70. The average Bonchev–Trinajstić information content (AvgIpc) is 2.46. The lowest BCUT2D eigenvalue weighted by molar-refractivity contribution is 0.609. The van der Waals surface area contributed by atoms with Gasteiger partial charge in [-0.05, 0) is 25.5 Å². The molecule has 1 aromatic carbocycles. The summed E-state index contributed by atoms with van der Waals surface area (Å²) in [6, 6.07) is 8.21. The van der Waals surface area contributed by atoms with E-state index >= 15 is 0 Å². The lowest BCUT2D eigenvalue weighted by Crippen LogP contribution is -2.30. The van der Waals surface area contributed by atoms with Crippen LogP contribution in [0.15, 0.2) is 35.4 Å². The SMILES string of the molecule is CNCCn1cnc2c(c1=O)CCc1ccccc1-2. The molecule has 1 heterocycles. The molecule has 0 radical (unpaired) electrons. The van der Waals surface area contributed by atoms with Gasteiger partial charge in [-0.2, -0.15) is 0 Å². The van der Waals surface area contributed by atoms with Crippen molar-refractivity contribution in [2.45, 2.75) is 19.4 Å². The van der Waals surface area contributed by atoms with Gasteiger partial charge in [0.05, 0.1) is 12.0 Å². The van der Waals surface area contributed by atoms with Gasteiger partial charge >= 0.3 is 0 Å². The molecule has 1 aliphatic rings. The largest absolute Gasteiger partial charge is 0.318 e. The Labute approximate surface area is 112 Å². The Kier molecular flexibility index (Phi) is 3.17. The quantitative estimate of drug-likeness (QED) is 0.897. The Morgan fingerprint density at radius 2 is 2.16 bits per heavy atom. The second-order valence-corrected chi connectivity index (χ2v) is 4.83. The van der Waals surface area contributed by atoms with E-state index in [4.69, 9.17) is 0 Å². The summed E-state index contributed by atoms with van der Waals surface area (Å²) in [6.45, 7) is 1.44. The molecule has 1 aromatic heterocycles. The second-order valence-electron chi connectivity index (χ2n) is 4.83. The van der Waals surface area contributed by atoms with Crippen molar-refractivity contribution in [2.75, 3.05) is 13.6 Å². The van der Waals surface area contributed by atoms with E-state index in [2.05, 4.69) is 22.4 Å². The van der Waals surface area contributed by atoms with Crippen LogP contribution in [0.25, 0.3) is 11.3 Å². The van der Waals surface area contributed by atoms with E-state index in [1.165, 1.54) is 5.56 Å². The Hall–Kier alpha value is -1.94. The maximum atomic E-state index is 12.4. The molecular formula is C15H17N3O. The van der Waals surface area contributed by atoms with E-state index in [0.29, 0.717) is 6.54 Å². The van der Waals surface area contributed by atoms with Crippen LogP contribution in [-0.4, -0.2) is 23.1 Å². The molecule has 19 heavy (non-hydrogen) atoms. The van der Waals surface area contributed by atoms with E-state index in [-0.39, 0.29) is 5.56 Å². The van der Waals surface area contributed by atoms with E-state index in [1.54, 1.807) is 10.9 Å². The van der Waals surface area contributed by atoms with Gasteiger partial charge in [-0.15, -0.1) is 0 Å². The Balaban J connectivity index is 2.09. The number of nitrogens with one attached hydrogen (secondary N) is 1. The van der Waals surface area contributed by atoms with Gasteiger partial charge in [0.2, 0.25) is 0 Å². The van der Waals surface area contributed by atoms with Gasteiger partial charge in [0, 0.05) is 24.2 Å². The third kappa shape index (κ3) is 2.08. The van der Waals surface area contributed by atoms with E-state index in [1.807, 2.05) is 19.2 Å². The van der Waals surface area contributed by atoms with Crippen molar-refractivity contribution in [1.82, 2.24) is 14.9 Å². The first-order valence-electron chi connectivity index (χ1n) is 6.62. The van der Waals surface area contributed by atoms with Gasteiger partial charge in [-0.25, -0.2) is 4.98 Å². The zero-order valence-electron chi connectivity index (χ0n) is 11.0. The van der Waals surface area contributed by atoms with Crippen LogP contribution in [-0.2, 0) is 19.4 Å². The molecule has 1 aliphatic carbocycles. The fraction of sp³-hybridized carbons (Fsp3) is 0.333. The van der Waals surface area contributed by atoms with Crippen molar-refractivity contribution in [3.8, 4) is 11.3 Å². The maximum absolute atomic E-state index is 12.4. The molecule has 0 unspecified atom stereocenters. The zero-order valence-corrected chi connectivity index (χ0v) is 11.0. The van der Waals surface area contributed by atoms with Crippen LogP contribution in [0.5, 0.6) is 0 Å². The average molecular weight is 255 g/mol. The molecule has 0 aliphatic heterocycles. The molecule has 0 fully saturated rings. The maximum Gasteiger partial charge on any atom is 0.257 e. The third-order valence-electron chi connectivity index (χ3n) is 3.65. The molecule has 0 bridgehead atoms. The van der Waals surface area contributed by atoms with Gasteiger partial charge in [0.1, 0.15) is 0 Å². The minimum absolute atomic E-state index is 0.106. The number of hydrogen-bond acceptors (Lipinski definition) is 3. The molecule has 4 heteroatoms. The first-order chi connectivity index (χ1) is 9.31. The first kappa shape index (κ1) is 12.1. The molecular weight excluding hydrogens is 238 g/mol. The summed E-state index contributed by atoms with van der Waals surface area (Å²) in [5, 5.41) is 3.05. The van der Waals surface area contributed by atoms with Gasteiger partial charge in [-0.3, -0.25) is 9.36 Å². The molecule has 0 saturated carbocycles. The van der Waals surface area contributed by atoms with E-state index in [9.17, 15) is 4.79 Å². The van der Waals surface area contributed by atoms with Crippen LogP contribution in [0, 0.1) is 0 Å². The summed E-state index contributed by atoms with van der Waals surface area (Å²) in [5.74, 6) is 0. The van der Waals surface area contributed by atoms with Crippen molar-refractivity contribution in [3.05, 3.63) is 52.1 Å². The highest BCUT2D eigenvalue weighted by Gasteiger charge is 2.20.